The van der Waals surface area contributed by atoms with Crippen molar-refractivity contribution in [3.8, 4) is 5.75 Å². The molecule has 1 heterocycles. The second-order valence-electron chi connectivity index (χ2n) is 4.18. The van der Waals surface area contributed by atoms with Crippen molar-refractivity contribution in [3.05, 3.63) is 36.0 Å². The largest absolute Gasteiger partial charge is 0.481 e. The summed E-state index contributed by atoms with van der Waals surface area (Å²) in [6.45, 7) is 3.68. The van der Waals surface area contributed by atoms with Gasteiger partial charge in [-0.25, -0.2) is 9.80 Å². The molecule has 1 aromatic carbocycles. The molecule has 6 nitrogen and oxygen atoms in total. The van der Waals surface area contributed by atoms with Crippen molar-refractivity contribution >= 4 is 17.6 Å². The minimum atomic E-state index is -0.452. The number of amides is 1. The Kier molecular flexibility index (Phi) is 4.24. The molecule has 0 aromatic heterocycles. The fourth-order valence-electron chi connectivity index (χ4n) is 1.79. The van der Waals surface area contributed by atoms with Crippen molar-refractivity contribution in [2.75, 3.05) is 18.2 Å². The first-order chi connectivity index (χ1) is 9.61. The van der Waals surface area contributed by atoms with Gasteiger partial charge in [-0.05, 0) is 26.0 Å². The van der Waals surface area contributed by atoms with E-state index in [2.05, 4.69) is 5.43 Å². The van der Waals surface area contributed by atoms with Crippen LogP contribution in [0.2, 0.25) is 0 Å². The van der Waals surface area contributed by atoms with Crippen molar-refractivity contribution in [3.63, 3.8) is 0 Å². The van der Waals surface area contributed by atoms with Crippen LogP contribution in [-0.2, 0) is 14.3 Å². The molecule has 0 aliphatic carbocycles. The molecular weight excluding hydrogens is 260 g/mol. The SMILES string of the molecule is CCOC(=O)/C=C(\C)NN1C(=O)COc2ccccc21. The molecule has 0 saturated heterocycles. The van der Waals surface area contributed by atoms with Gasteiger partial charge in [0, 0.05) is 11.8 Å². The Labute approximate surface area is 116 Å². The van der Waals surface area contributed by atoms with Crippen LogP contribution in [0.15, 0.2) is 36.0 Å². The third-order valence-electron chi connectivity index (χ3n) is 2.62. The molecule has 0 saturated carbocycles. The van der Waals surface area contributed by atoms with E-state index in [1.54, 1.807) is 32.0 Å². The minimum absolute atomic E-state index is 0.0449. The number of benzene rings is 1. The molecule has 6 heteroatoms. The number of hydrogen-bond donors (Lipinski definition) is 1. The van der Waals surface area contributed by atoms with Gasteiger partial charge >= 0.3 is 5.97 Å². The third-order valence-corrected chi connectivity index (χ3v) is 2.62. The topological polar surface area (TPSA) is 67.9 Å². The zero-order valence-corrected chi connectivity index (χ0v) is 11.4. The number of ether oxygens (including phenoxy) is 2. The lowest BCUT2D eigenvalue weighted by Crippen LogP contribution is -2.47. The molecule has 1 aliphatic rings. The number of nitrogens with one attached hydrogen (secondary N) is 1. The summed E-state index contributed by atoms with van der Waals surface area (Å²) in [5.74, 6) is -0.0738. The fraction of sp³-hybridized carbons (Fsp3) is 0.286. The molecule has 0 atom stereocenters. The van der Waals surface area contributed by atoms with Crippen LogP contribution in [0.3, 0.4) is 0 Å². The Morgan fingerprint density at radius 1 is 1.50 bits per heavy atom. The summed E-state index contributed by atoms with van der Waals surface area (Å²) in [4.78, 5) is 23.3. The van der Waals surface area contributed by atoms with Crippen LogP contribution in [0.25, 0.3) is 0 Å². The van der Waals surface area contributed by atoms with Gasteiger partial charge in [0.05, 0.1) is 6.61 Å². The summed E-state index contributed by atoms with van der Waals surface area (Å²) in [6.07, 6.45) is 1.30. The number of fused-ring (bicyclic) bond motifs is 1. The van der Waals surface area contributed by atoms with Gasteiger partial charge in [0.2, 0.25) is 0 Å². The summed E-state index contributed by atoms with van der Waals surface area (Å²) >= 11 is 0. The highest BCUT2D eigenvalue weighted by Gasteiger charge is 2.25. The average Bonchev–Trinajstić information content (AvgIpc) is 2.42. The second-order valence-corrected chi connectivity index (χ2v) is 4.18. The summed E-state index contributed by atoms with van der Waals surface area (Å²) in [6, 6.07) is 7.17. The van der Waals surface area contributed by atoms with E-state index in [1.165, 1.54) is 11.1 Å². The number of hydrazine groups is 1. The van der Waals surface area contributed by atoms with Crippen LogP contribution in [0.4, 0.5) is 5.69 Å². The Hall–Kier alpha value is -2.50. The van der Waals surface area contributed by atoms with Gasteiger partial charge in [-0.15, -0.1) is 0 Å². The lowest BCUT2D eigenvalue weighted by atomic mass is 10.2. The maximum absolute atomic E-state index is 11.9. The van der Waals surface area contributed by atoms with Crippen molar-refractivity contribution in [2.45, 2.75) is 13.8 Å². The molecule has 0 fully saturated rings. The zero-order valence-electron chi connectivity index (χ0n) is 11.4. The number of hydrogen-bond acceptors (Lipinski definition) is 5. The van der Waals surface area contributed by atoms with Crippen molar-refractivity contribution in [1.29, 1.82) is 0 Å². The molecule has 0 spiro atoms. The average molecular weight is 276 g/mol. The first-order valence-corrected chi connectivity index (χ1v) is 6.28. The molecule has 0 bridgehead atoms. The van der Waals surface area contributed by atoms with Gasteiger partial charge in [0.25, 0.3) is 5.91 Å². The third kappa shape index (κ3) is 3.09. The number of rotatable bonds is 4. The minimum Gasteiger partial charge on any atom is -0.481 e. The number of para-hydroxylation sites is 2. The predicted molar refractivity (Wildman–Crippen MR) is 72.9 cm³/mol. The summed E-state index contributed by atoms with van der Waals surface area (Å²) in [5.41, 5.74) is 4.00. The zero-order chi connectivity index (χ0) is 14.5. The number of carbonyl (C=O) groups is 2. The maximum atomic E-state index is 11.9. The number of anilines is 1. The molecular formula is C14H16N2O4. The standard InChI is InChI=1S/C14H16N2O4/c1-3-19-14(18)8-10(2)15-16-11-6-4-5-7-12(11)20-9-13(16)17/h4-8,15H,3,9H2,1-2H3/b10-8+. The highest BCUT2D eigenvalue weighted by Crippen LogP contribution is 2.30. The smallest absolute Gasteiger partial charge is 0.332 e. The molecule has 1 amide bonds. The number of allylic oxidation sites excluding steroid dienone is 1. The Bertz CT molecular complexity index is 554. The number of esters is 1. The molecule has 1 aliphatic heterocycles. The van der Waals surface area contributed by atoms with E-state index < -0.39 is 5.97 Å². The van der Waals surface area contributed by atoms with Crippen LogP contribution in [0, 0.1) is 0 Å². The Morgan fingerprint density at radius 2 is 2.25 bits per heavy atom. The highest BCUT2D eigenvalue weighted by molar-refractivity contribution is 5.97. The van der Waals surface area contributed by atoms with Crippen LogP contribution < -0.4 is 15.2 Å². The molecule has 1 aromatic rings. The van der Waals surface area contributed by atoms with E-state index in [0.29, 0.717) is 23.7 Å². The first-order valence-electron chi connectivity index (χ1n) is 6.28. The Morgan fingerprint density at radius 3 is 3.00 bits per heavy atom. The number of carbonyl (C=O) groups excluding carboxylic acids is 2. The quantitative estimate of drug-likeness (QED) is 0.664. The van der Waals surface area contributed by atoms with E-state index in [1.807, 2.05) is 6.07 Å². The van der Waals surface area contributed by atoms with E-state index in [9.17, 15) is 9.59 Å². The molecule has 1 N–H and O–H groups in total. The van der Waals surface area contributed by atoms with Crippen LogP contribution >= 0.6 is 0 Å². The van der Waals surface area contributed by atoms with E-state index in [4.69, 9.17) is 9.47 Å². The van der Waals surface area contributed by atoms with E-state index in [0.717, 1.165) is 0 Å². The van der Waals surface area contributed by atoms with Crippen molar-refractivity contribution in [1.82, 2.24) is 5.43 Å². The summed E-state index contributed by atoms with van der Waals surface area (Å²) < 4.78 is 10.1. The lowest BCUT2D eigenvalue weighted by molar-refractivity contribution is -0.137. The van der Waals surface area contributed by atoms with Gasteiger partial charge in [-0.3, -0.25) is 10.2 Å². The molecule has 2 rings (SSSR count). The molecule has 0 unspecified atom stereocenters. The molecule has 0 radical (unpaired) electrons. The lowest BCUT2D eigenvalue weighted by Gasteiger charge is -2.30. The second kappa shape index (κ2) is 6.10. The van der Waals surface area contributed by atoms with Crippen molar-refractivity contribution in [2.24, 2.45) is 0 Å². The highest BCUT2D eigenvalue weighted by atomic mass is 16.5. The van der Waals surface area contributed by atoms with Gasteiger partial charge in [-0.2, -0.15) is 0 Å². The predicted octanol–water partition coefficient (Wildman–Crippen LogP) is 1.38. The Balaban J connectivity index is 2.16. The normalized spacial score (nSPS) is 14.4. The van der Waals surface area contributed by atoms with Gasteiger partial charge in [0.15, 0.2) is 6.61 Å². The van der Waals surface area contributed by atoms with Gasteiger partial charge in [-0.1, -0.05) is 12.1 Å². The van der Waals surface area contributed by atoms with Gasteiger partial charge in [0.1, 0.15) is 11.4 Å². The fourth-order valence-corrected chi connectivity index (χ4v) is 1.79. The van der Waals surface area contributed by atoms with Crippen LogP contribution in [-0.4, -0.2) is 25.1 Å². The summed E-state index contributed by atoms with van der Waals surface area (Å²) in [5, 5.41) is 1.36. The monoisotopic (exact) mass is 276 g/mol. The first kappa shape index (κ1) is 13.9. The molecule has 106 valence electrons. The summed E-state index contributed by atoms with van der Waals surface area (Å²) in [7, 11) is 0. The van der Waals surface area contributed by atoms with E-state index >= 15 is 0 Å². The maximum Gasteiger partial charge on any atom is 0.332 e. The van der Waals surface area contributed by atoms with E-state index in [-0.39, 0.29) is 12.5 Å². The number of nitrogens with zero attached hydrogens (tertiary/aromatic N) is 1. The molecule has 20 heavy (non-hydrogen) atoms. The van der Waals surface area contributed by atoms with Crippen LogP contribution in [0.5, 0.6) is 5.75 Å². The van der Waals surface area contributed by atoms with Crippen molar-refractivity contribution < 1.29 is 19.1 Å². The van der Waals surface area contributed by atoms with Gasteiger partial charge < -0.3 is 9.47 Å². The van der Waals surface area contributed by atoms with Crippen LogP contribution in [0.1, 0.15) is 13.8 Å².